The van der Waals surface area contributed by atoms with E-state index in [1.165, 1.54) is 5.56 Å². The minimum absolute atomic E-state index is 0.288. The quantitative estimate of drug-likeness (QED) is 0.639. The fourth-order valence-corrected chi connectivity index (χ4v) is 1.57. The number of benzene rings is 1. The average Bonchev–Trinajstić information content (AvgIpc) is 2.18. The Balaban J connectivity index is 2.26. The molecule has 1 N–H and O–H groups in total. The van der Waals surface area contributed by atoms with E-state index >= 15 is 0 Å². The number of hydrogen-bond acceptors (Lipinski definition) is 2. The van der Waals surface area contributed by atoms with Gasteiger partial charge >= 0.3 is 0 Å². The molecule has 3 heteroatoms. The summed E-state index contributed by atoms with van der Waals surface area (Å²) in [6.45, 7) is 0.946. The molecule has 1 aliphatic heterocycles. The second-order valence-electron chi connectivity index (χ2n) is 3.48. The molecule has 0 bridgehead atoms. The minimum atomic E-state index is 0.288. The van der Waals surface area contributed by atoms with E-state index in [1.807, 2.05) is 18.2 Å². The van der Waals surface area contributed by atoms with Crippen molar-refractivity contribution in [2.75, 3.05) is 6.61 Å². The van der Waals surface area contributed by atoms with E-state index < -0.39 is 0 Å². The van der Waals surface area contributed by atoms with Gasteiger partial charge in [0.2, 0.25) is 0 Å². The van der Waals surface area contributed by atoms with Crippen LogP contribution in [-0.4, -0.2) is 6.61 Å². The van der Waals surface area contributed by atoms with Crippen molar-refractivity contribution in [2.24, 2.45) is 0 Å². The number of nitrogens with one attached hydrogen (secondary N) is 1. The number of hydrogen-bond donors (Lipinski definition) is 0. The van der Waals surface area contributed by atoms with Gasteiger partial charge in [-0.15, -0.1) is 0 Å². The lowest BCUT2D eigenvalue weighted by Crippen LogP contribution is -2.06. The molecule has 1 radical (unpaired) electrons. The Kier molecular flexibility index (Phi) is 3.01. The van der Waals surface area contributed by atoms with Gasteiger partial charge in [-0.3, -0.25) is 5.73 Å². The second kappa shape index (κ2) is 4.44. The molecule has 3 nitrogen and oxygen atoms in total. The van der Waals surface area contributed by atoms with E-state index in [1.54, 1.807) is 0 Å². The van der Waals surface area contributed by atoms with Crippen molar-refractivity contribution in [1.29, 1.82) is 0 Å². The molecule has 0 saturated heterocycles. The van der Waals surface area contributed by atoms with Gasteiger partial charge in [0.15, 0.2) is 5.75 Å². The highest BCUT2D eigenvalue weighted by atomic mass is 17.2. The van der Waals surface area contributed by atoms with Crippen LogP contribution in [0.2, 0.25) is 0 Å². The van der Waals surface area contributed by atoms with Crippen LogP contribution >= 0.6 is 0 Å². The van der Waals surface area contributed by atoms with E-state index in [0.717, 1.165) is 30.6 Å². The zero-order valence-electron chi connectivity index (χ0n) is 8.08. The summed E-state index contributed by atoms with van der Waals surface area (Å²) in [5, 5.41) is 0. The first-order valence-corrected chi connectivity index (χ1v) is 4.96. The molecular formula is C11H14NO2. The summed E-state index contributed by atoms with van der Waals surface area (Å²) in [5.74, 6) is 0.787. The predicted molar refractivity (Wildman–Crippen MR) is 52.8 cm³/mol. The largest absolute Gasteiger partial charge is 0.337 e. The monoisotopic (exact) mass is 192 g/mol. The molecule has 1 heterocycles. The standard InChI is InChI=1S/C11H14NO2/c12-8-9-4-5-10-3-1-2-6-13-14-11(10)7-9/h4-5,7,12H,1-3,6,8H2. The summed E-state index contributed by atoms with van der Waals surface area (Å²) >= 11 is 0. The normalized spacial score (nSPS) is 16.4. The van der Waals surface area contributed by atoms with E-state index in [4.69, 9.17) is 15.5 Å². The van der Waals surface area contributed by atoms with E-state index in [9.17, 15) is 0 Å². The Labute approximate surface area is 83.7 Å². The molecule has 14 heavy (non-hydrogen) atoms. The van der Waals surface area contributed by atoms with Crippen LogP contribution in [0.4, 0.5) is 0 Å². The maximum Gasteiger partial charge on any atom is 0.168 e. The van der Waals surface area contributed by atoms with Gasteiger partial charge in [-0.05, 0) is 36.5 Å². The number of aryl methyl sites for hydroxylation is 1. The smallest absolute Gasteiger partial charge is 0.168 e. The summed E-state index contributed by atoms with van der Waals surface area (Å²) in [4.78, 5) is 10.2. The lowest BCUT2D eigenvalue weighted by molar-refractivity contribution is -0.209. The topological polar surface area (TPSA) is 42.3 Å². The van der Waals surface area contributed by atoms with E-state index in [-0.39, 0.29) is 6.54 Å². The van der Waals surface area contributed by atoms with Crippen LogP contribution in [0.5, 0.6) is 5.75 Å². The number of fused-ring (bicyclic) bond motifs is 1. The van der Waals surface area contributed by atoms with Crippen molar-refractivity contribution in [2.45, 2.75) is 25.8 Å². The van der Waals surface area contributed by atoms with Gasteiger partial charge in [-0.2, -0.15) is 4.89 Å². The molecule has 0 aliphatic carbocycles. The SMILES string of the molecule is [NH]Cc1ccc2c(c1)OOCCCC2. The predicted octanol–water partition coefficient (Wildman–Crippen LogP) is 2.12. The molecule has 0 spiro atoms. The molecule has 0 amide bonds. The molecule has 1 aromatic rings. The highest BCUT2D eigenvalue weighted by molar-refractivity contribution is 5.37. The molecule has 0 fully saturated rings. The summed E-state index contributed by atoms with van der Waals surface area (Å²) in [6.07, 6.45) is 3.22. The summed E-state index contributed by atoms with van der Waals surface area (Å²) in [5.41, 5.74) is 9.41. The maximum atomic E-state index is 7.26. The molecule has 0 unspecified atom stereocenters. The molecule has 0 atom stereocenters. The average molecular weight is 192 g/mol. The van der Waals surface area contributed by atoms with Gasteiger partial charge in [0, 0.05) is 6.54 Å². The van der Waals surface area contributed by atoms with Crippen LogP contribution in [0.1, 0.15) is 24.0 Å². The molecule has 75 valence electrons. The molecule has 1 aromatic carbocycles. The Morgan fingerprint density at radius 1 is 1.29 bits per heavy atom. The van der Waals surface area contributed by atoms with Crippen LogP contribution in [0.3, 0.4) is 0 Å². The summed E-state index contributed by atoms with van der Waals surface area (Å²) in [7, 11) is 0. The van der Waals surface area contributed by atoms with Crippen molar-refractivity contribution in [3.8, 4) is 5.75 Å². The minimum Gasteiger partial charge on any atom is -0.337 e. The Bertz CT molecular complexity index is 312. The van der Waals surface area contributed by atoms with Crippen molar-refractivity contribution >= 4 is 0 Å². The summed E-state index contributed by atoms with van der Waals surface area (Å²) in [6, 6.07) is 5.92. The van der Waals surface area contributed by atoms with Crippen molar-refractivity contribution in [3.63, 3.8) is 0 Å². The molecule has 1 aliphatic rings. The van der Waals surface area contributed by atoms with Crippen molar-refractivity contribution in [1.82, 2.24) is 5.73 Å². The first-order valence-electron chi connectivity index (χ1n) is 4.96. The van der Waals surface area contributed by atoms with Crippen LogP contribution in [0, 0.1) is 0 Å². The molecule has 0 saturated carbocycles. The van der Waals surface area contributed by atoms with Crippen molar-refractivity contribution < 1.29 is 9.78 Å². The second-order valence-corrected chi connectivity index (χ2v) is 3.48. The van der Waals surface area contributed by atoms with E-state index in [0.29, 0.717) is 6.61 Å². The third-order valence-electron chi connectivity index (χ3n) is 2.41. The fraction of sp³-hybridized carbons (Fsp3) is 0.455. The van der Waals surface area contributed by atoms with Gasteiger partial charge in [-0.1, -0.05) is 12.1 Å². The van der Waals surface area contributed by atoms with Crippen LogP contribution in [0.25, 0.3) is 0 Å². The zero-order valence-corrected chi connectivity index (χ0v) is 8.08. The lowest BCUT2D eigenvalue weighted by Gasteiger charge is -2.14. The Morgan fingerprint density at radius 3 is 3.07 bits per heavy atom. The first-order chi connectivity index (χ1) is 6.90. The number of rotatable bonds is 1. The van der Waals surface area contributed by atoms with Gasteiger partial charge in [0.1, 0.15) is 0 Å². The van der Waals surface area contributed by atoms with E-state index in [2.05, 4.69) is 0 Å². The molecular weight excluding hydrogens is 178 g/mol. The van der Waals surface area contributed by atoms with Gasteiger partial charge in [0.25, 0.3) is 0 Å². The maximum absolute atomic E-state index is 7.26. The van der Waals surface area contributed by atoms with Gasteiger partial charge < -0.3 is 4.89 Å². The van der Waals surface area contributed by atoms with Crippen LogP contribution in [0.15, 0.2) is 18.2 Å². The van der Waals surface area contributed by atoms with Crippen LogP contribution < -0.4 is 10.6 Å². The first kappa shape index (κ1) is 9.49. The fourth-order valence-electron chi connectivity index (χ4n) is 1.57. The third-order valence-corrected chi connectivity index (χ3v) is 2.41. The van der Waals surface area contributed by atoms with Gasteiger partial charge in [-0.25, -0.2) is 0 Å². The molecule has 2 rings (SSSR count). The molecule has 0 aromatic heterocycles. The summed E-state index contributed by atoms with van der Waals surface area (Å²) < 4.78 is 0. The lowest BCUT2D eigenvalue weighted by atomic mass is 10.0. The van der Waals surface area contributed by atoms with Gasteiger partial charge in [0.05, 0.1) is 6.61 Å². The Morgan fingerprint density at radius 2 is 2.21 bits per heavy atom. The highest BCUT2D eigenvalue weighted by Gasteiger charge is 2.09. The third kappa shape index (κ3) is 2.05. The van der Waals surface area contributed by atoms with Crippen molar-refractivity contribution in [3.05, 3.63) is 29.3 Å². The Hall–Kier alpha value is -1.06. The van der Waals surface area contributed by atoms with Crippen LogP contribution in [-0.2, 0) is 17.9 Å². The highest BCUT2D eigenvalue weighted by Crippen LogP contribution is 2.24. The zero-order chi connectivity index (χ0) is 9.80.